The molecule has 2 N–H and O–H groups in total. The molecule has 118 valence electrons. The van der Waals surface area contributed by atoms with Crippen molar-refractivity contribution in [2.75, 3.05) is 5.73 Å². The zero-order chi connectivity index (χ0) is 16.5. The second-order valence-corrected chi connectivity index (χ2v) is 5.82. The fourth-order valence-corrected chi connectivity index (χ4v) is 2.86. The van der Waals surface area contributed by atoms with Crippen molar-refractivity contribution in [1.82, 2.24) is 19.5 Å². The lowest BCUT2D eigenvalue weighted by atomic mass is 10.0. The van der Waals surface area contributed by atoms with Crippen molar-refractivity contribution in [2.45, 2.75) is 6.54 Å². The van der Waals surface area contributed by atoms with Crippen LogP contribution in [0.25, 0.3) is 22.3 Å². The molecule has 2 aromatic heterocycles. The predicted molar refractivity (Wildman–Crippen MR) is 95.7 cm³/mol. The third-order valence-electron chi connectivity index (χ3n) is 3.88. The van der Waals surface area contributed by atoms with Gasteiger partial charge >= 0.3 is 0 Å². The van der Waals surface area contributed by atoms with Gasteiger partial charge in [-0.15, -0.1) is 0 Å². The van der Waals surface area contributed by atoms with Crippen molar-refractivity contribution in [3.05, 3.63) is 71.8 Å². The first-order valence-corrected chi connectivity index (χ1v) is 7.87. The molecule has 2 heterocycles. The van der Waals surface area contributed by atoms with Crippen LogP contribution in [-0.2, 0) is 6.54 Å². The van der Waals surface area contributed by atoms with Gasteiger partial charge in [-0.05, 0) is 28.3 Å². The highest BCUT2D eigenvalue weighted by molar-refractivity contribution is 6.28. The van der Waals surface area contributed by atoms with Crippen LogP contribution in [-0.4, -0.2) is 19.5 Å². The Morgan fingerprint density at radius 2 is 1.62 bits per heavy atom. The fraction of sp³-hybridized carbons (Fsp3) is 0.0556. The minimum Gasteiger partial charge on any atom is -0.382 e. The molecule has 0 aliphatic heterocycles. The number of fused-ring (bicyclic) bond motifs is 1. The van der Waals surface area contributed by atoms with Gasteiger partial charge in [-0.1, -0.05) is 54.6 Å². The number of rotatable bonds is 3. The zero-order valence-corrected chi connectivity index (χ0v) is 13.5. The summed E-state index contributed by atoms with van der Waals surface area (Å²) in [6.07, 6.45) is 1.71. The number of nitrogens with two attached hydrogens (primary N) is 1. The molecule has 6 heteroatoms. The number of halogens is 1. The summed E-state index contributed by atoms with van der Waals surface area (Å²) < 4.78 is 1.91. The average Bonchev–Trinajstić information content (AvgIpc) is 2.99. The second-order valence-electron chi connectivity index (χ2n) is 5.49. The number of anilines is 1. The number of nitrogens with zero attached hydrogens (tertiary/aromatic N) is 4. The van der Waals surface area contributed by atoms with E-state index in [1.165, 1.54) is 11.1 Å². The molecule has 0 saturated carbocycles. The van der Waals surface area contributed by atoms with Gasteiger partial charge in [0.25, 0.3) is 0 Å². The van der Waals surface area contributed by atoms with Gasteiger partial charge in [0, 0.05) is 0 Å². The summed E-state index contributed by atoms with van der Waals surface area (Å²) in [6.45, 7) is 0.637. The van der Waals surface area contributed by atoms with Crippen LogP contribution in [0.2, 0.25) is 5.28 Å². The van der Waals surface area contributed by atoms with E-state index in [0.717, 1.165) is 5.56 Å². The first kappa shape index (κ1) is 14.7. The van der Waals surface area contributed by atoms with Gasteiger partial charge < -0.3 is 10.3 Å². The summed E-state index contributed by atoms with van der Waals surface area (Å²) in [7, 11) is 0. The Bertz CT molecular complexity index is 993. The molecule has 4 aromatic rings. The monoisotopic (exact) mass is 335 g/mol. The normalized spacial score (nSPS) is 11.0. The largest absolute Gasteiger partial charge is 0.382 e. The van der Waals surface area contributed by atoms with Crippen LogP contribution in [0.3, 0.4) is 0 Å². The molecule has 0 radical (unpaired) electrons. The lowest BCUT2D eigenvalue weighted by Crippen LogP contribution is -2.01. The molecule has 0 aliphatic rings. The first-order chi connectivity index (χ1) is 11.7. The second kappa shape index (κ2) is 5.94. The molecule has 0 saturated heterocycles. The Labute approximate surface area is 143 Å². The summed E-state index contributed by atoms with van der Waals surface area (Å²) in [5.41, 5.74) is 10.6. The molecule has 24 heavy (non-hydrogen) atoms. The third kappa shape index (κ3) is 2.70. The maximum atomic E-state index is 5.90. The number of hydrogen-bond donors (Lipinski definition) is 1. The lowest BCUT2D eigenvalue weighted by molar-refractivity contribution is 0.813. The van der Waals surface area contributed by atoms with Crippen LogP contribution >= 0.6 is 11.6 Å². The van der Waals surface area contributed by atoms with Gasteiger partial charge in [0.1, 0.15) is 5.52 Å². The number of nitrogen functional groups attached to an aromatic ring is 1. The highest BCUT2D eigenvalue weighted by Gasteiger charge is 2.10. The van der Waals surface area contributed by atoms with E-state index in [1.807, 2.05) is 22.8 Å². The molecular weight excluding hydrogens is 322 g/mol. The van der Waals surface area contributed by atoms with Crippen molar-refractivity contribution in [1.29, 1.82) is 0 Å². The molecule has 0 spiro atoms. The summed E-state index contributed by atoms with van der Waals surface area (Å²) in [6, 6.07) is 18.7. The van der Waals surface area contributed by atoms with Gasteiger partial charge in [0.05, 0.1) is 12.9 Å². The van der Waals surface area contributed by atoms with E-state index in [1.54, 1.807) is 6.33 Å². The van der Waals surface area contributed by atoms with Crippen LogP contribution in [0.1, 0.15) is 5.56 Å². The van der Waals surface area contributed by atoms with Crippen LogP contribution in [0.4, 0.5) is 5.82 Å². The SMILES string of the molecule is Nc1nc(Cl)nc2c1ncn2Cc1ccc(-c2ccccc2)cc1. The number of imidazole rings is 1. The lowest BCUT2D eigenvalue weighted by Gasteiger charge is -2.06. The molecule has 0 atom stereocenters. The Morgan fingerprint density at radius 1 is 0.917 bits per heavy atom. The third-order valence-corrected chi connectivity index (χ3v) is 4.05. The minimum atomic E-state index is 0.126. The molecule has 0 bridgehead atoms. The summed E-state index contributed by atoms with van der Waals surface area (Å²) in [5, 5.41) is 0.126. The Morgan fingerprint density at radius 3 is 2.38 bits per heavy atom. The topological polar surface area (TPSA) is 69.6 Å². The van der Waals surface area contributed by atoms with E-state index in [0.29, 0.717) is 23.5 Å². The van der Waals surface area contributed by atoms with Gasteiger partial charge in [-0.3, -0.25) is 0 Å². The van der Waals surface area contributed by atoms with E-state index in [9.17, 15) is 0 Å². The molecule has 0 aliphatic carbocycles. The molecule has 0 unspecified atom stereocenters. The van der Waals surface area contributed by atoms with Crippen molar-refractivity contribution in [3.8, 4) is 11.1 Å². The van der Waals surface area contributed by atoms with Gasteiger partial charge in [-0.2, -0.15) is 9.97 Å². The van der Waals surface area contributed by atoms with Crippen LogP contribution in [0.15, 0.2) is 60.9 Å². The fourth-order valence-electron chi connectivity index (χ4n) is 2.68. The zero-order valence-electron chi connectivity index (χ0n) is 12.7. The molecule has 2 aromatic carbocycles. The summed E-state index contributed by atoms with van der Waals surface area (Å²) >= 11 is 5.90. The number of benzene rings is 2. The van der Waals surface area contributed by atoms with Gasteiger partial charge in [0.2, 0.25) is 5.28 Å². The smallest absolute Gasteiger partial charge is 0.226 e. The summed E-state index contributed by atoms with van der Waals surface area (Å²) in [4.78, 5) is 12.4. The van der Waals surface area contributed by atoms with Gasteiger partial charge in [-0.25, -0.2) is 4.98 Å². The molecule has 4 rings (SSSR count). The maximum absolute atomic E-state index is 5.90. The van der Waals surface area contributed by atoms with Crippen LogP contribution in [0.5, 0.6) is 0 Å². The van der Waals surface area contributed by atoms with E-state index >= 15 is 0 Å². The Hall–Kier alpha value is -2.92. The maximum Gasteiger partial charge on any atom is 0.226 e. The first-order valence-electron chi connectivity index (χ1n) is 7.49. The van der Waals surface area contributed by atoms with Crippen molar-refractivity contribution in [3.63, 3.8) is 0 Å². The summed E-state index contributed by atoms with van der Waals surface area (Å²) in [5.74, 6) is 0.295. The van der Waals surface area contributed by atoms with Gasteiger partial charge in [0.15, 0.2) is 11.5 Å². The molecular formula is C18H14ClN5. The molecule has 5 nitrogen and oxygen atoms in total. The van der Waals surface area contributed by atoms with E-state index in [-0.39, 0.29) is 5.28 Å². The number of aromatic nitrogens is 4. The Balaban J connectivity index is 1.64. The highest BCUT2D eigenvalue weighted by atomic mass is 35.5. The quantitative estimate of drug-likeness (QED) is 0.578. The number of hydrogen-bond acceptors (Lipinski definition) is 4. The average molecular weight is 336 g/mol. The highest BCUT2D eigenvalue weighted by Crippen LogP contribution is 2.22. The standard InChI is InChI=1S/C18H14ClN5/c19-18-22-16(20)15-17(23-18)24(11-21-15)10-12-6-8-14(9-7-12)13-4-2-1-3-5-13/h1-9,11H,10H2,(H2,20,22,23). The van der Waals surface area contributed by atoms with E-state index < -0.39 is 0 Å². The Kier molecular flexibility index (Phi) is 3.63. The minimum absolute atomic E-state index is 0.126. The molecule has 0 fully saturated rings. The van der Waals surface area contributed by atoms with E-state index in [2.05, 4.69) is 51.4 Å². The van der Waals surface area contributed by atoms with Crippen molar-refractivity contribution < 1.29 is 0 Å². The van der Waals surface area contributed by atoms with Crippen molar-refractivity contribution in [2.24, 2.45) is 0 Å². The molecule has 0 amide bonds. The van der Waals surface area contributed by atoms with Crippen molar-refractivity contribution >= 4 is 28.6 Å². The van der Waals surface area contributed by atoms with Crippen LogP contribution < -0.4 is 5.73 Å². The van der Waals surface area contributed by atoms with Crippen LogP contribution in [0, 0.1) is 0 Å². The predicted octanol–water partition coefficient (Wildman–Crippen LogP) is 3.78. The van der Waals surface area contributed by atoms with E-state index in [4.69, 9.17) is 17.3 Å².